The number of nitrogens with one attached hydrogen (secondary N) is 1. The number of carbonyl (C=O) groups excluding carboxylic acids is 3. The summed E-state index contributed by atoms with van der Waals surface area (Å²) in [5.41, 5.74) is 1.32. The number of carbonyl (C=O) groups is 3. The molecule has 0 aliphatic carbocycles. The number of halogens is 2. The molecule has 0 saturated carbocycles. The zero-order valence-corrected chi connectivity index (χ0v) is 15.9. The van der Waals surface area contributed by atoms with E-state index >= 15 is 0 Å². The molecular weight excluding hydrogens is 391 g/mol. The summed E-state index contributed by atoms with van der Waals surface area (Å²) in [5.74, 6) is -2.09. The van der Waals surface area contributed by atoms with Gasteiger partial charge in [-0.1, -0.05) is 41.4 Å². The maximum Gasteiger partial charge on any atom is 0.339 e. The Morgan fingerprint density at radius 3 is 2.44 bits per heavy atom. The molecular formula is C19H14Cl2N2O4. The molecule has 1 aliphatic rings. The molecule has 0 saturated heterocycles. The molecule has 6 nitrogen and oxygen atoms in total. The molecule has 0 spiro atoms. The summed E-state index contributed by atoms with van der Waals surface area (Å²) < 4.78 is 4.72. The van der Waals surface area contributed by atoms with Gasteiger partial charge in [-0.3, -0.25) is 9.59 Å². The van der Waals surface area contributed by atoms with Crippen molar-refractivity contribution in [2.75, 3.05) is 17.3 Å². The third-order valence-corrected chi connectivity index (χ3v) is 4.87. The Morgan fingerprint density at radius 1 is 1.04 bits per heavy atom. The molecule has 1 aliphatic heterocycles. The van der Waals surface area contributed by atoms with Gasteiger partial charge in [0, 0.05) is 10.7 Å². The minimum absolute atomic E-state index is 0.0753. The van der Waals surface area contributed by atoms with Crippen LogP contribution in [0.4, 0.5) is 11.4 Å². The van der Waals surface area contributed by atoms with Crippen LogP contribution in [0.25, 0.3) is 0 Å². The lowest BCUT2D eigenvalue weighted by atomic mass is 10.1. The Hall–Kier alpha value is -2.83. The maximum atomic E-state index is 12.9. The van der Waals surface area contributed by atoms with E-state index in [4.69, 9.17) is 27.9 Å². The number of ether oxygens (including phenoxy) is 1. The molecule has 1 heterocycles. The molecule has 2 aromatic rings. The highest BCUT2D eigenvalue weighted by molar-refractivity contribution is 6.53. The van der Waals surface area contributed by atoms with Crippen LogP contribution in [0.1, 0.15) is 15.9 Å². The number of hydrogen-bond donors (Lipinski definition) is 1. The van der Waals surface area contributed by atoms with Crippen LogP contribution in [0, 0.1) is 6.92 Å². The van der Waals surface area contributed by atoms with E-state index in [1.165, 1.54) is 19.2 Å². The van der Waals surface area contributed by atoms with Crippen LogP contribution >= 0.6 is 23.2 Å². The van der Waals surface area contributed by atoms with Gasteiger partial charge in [0.2, 0.25) is 0 Å². The summed E-state index contributed by atoms with van der Waals surface area (Å²) in [4.78, 5) is 38.4. The Balaban J connectivity index is 2.00. The summed E-state index contributed by atoms with van der Waals surface area (Å²) in [5, 5.41) is 3.10. The van der Waals surface area contributed by atoms with E-state index in [9.17, 15) is 14.4 Å². The molecule has 0 fully saturated rings. The minimum atomic E-state index is -0.736. The van der Waals surface area contributed by atoms with Crippen LogP contribution < -0.4 is 10.2 Å². The molecule has 8 heteroatoms. The number of methoxy groups -OCH3 is 1. The fourth-order valence-electron chi connectivity index (χ4n) is 2.66. The van der Waals surface area contributed by atoms with E-state index in [-0.39, 0.29) is 22.0 Å². The predicted octanol–water partition coefficient (Wildman–Crippen LogP) is 3.87. The SMILES string of the molecule is COC(=O)c1ccccc1N1C(=O)C(Cl)=C(Nc2cccc(Cl)c2C)C1=O. The van der Waals surface area contributed by atoms with Crippen molar-refractivity contribution in [2.45, 2.75) is 6.92 Å². The summed E-state index contributed by atoms with van der Waals surface area (Å²) >= 11 is 12.2. The number of para-hydroxylation sites is 1. The number of imide groups is 1. The molecule has 0 radical (unpaired) electrons. The highest BCUT2D eigenvalue weighted by atomic mass is 35.5. The average molecular weight is 405 g/mol. The van der Waals surface area contributed by atoms with Gasteiger partial charge >= 0.3 is 5.97 Å². The van der Waals surface area contributed by atoms with Crippen molar-refractivity contribution < 1.29 is 19.1 Å². The fraction of sp³-hybridized carbons (Fsp3) is 0.105. The lowest BCUT2D eigenvalue weighted by Crippen LogP contribution is -2.33. The van der Waals surface area contributed by atoms with Crippen molar-refractivity contribution in [1.82, 2.24) is 0 Å². The first kappa shape index (κ1) is 18.9. The first-order valence-electron chi connectivity index (χ1n) is 7.84. The summed E-state index contributed by atoms with van der Waals surface area (Å²) in [6.45, 7) is 1.77. The second-order valence-corrected chi connectivity index (χ2v) is 6.47. The standard InChI is InChI=1S/C19H14Cl2N2O4/c1-10-12(20)7-5-8-13(10)22-16-15(21)17(24)23(18(16)25)14-9-4-3-6-11(14)19(26)27-2/h3-9,22H,1-2H3. The van der Waals surface area contributed by atoms with Gasteiger partial charge in [0.1, 0.15) is 10.7 Å². The van der Waals surface area contributed by atoms with Crippen LogP contribution in [-0.2, 0) is 14.3 Å². The van der Waals surface area contributed by atoms with Gasteiger partial charge in [0.15, 0.2) is 0 Å². The van der Waals surface area contributed by atoms with Gasteiger partial charge < -0.3 is 10.1 Å². The lowest BCUT2D eigenvalue weighted by Gasteiger charge is -2.18. The highest BCUT2D eigenvalue weighted by Gasteiger charge is 2.40. The zero-order valence-electron chi connectivity index (χ0n) is 14.4. The Bertz CT molecular complexity index is 1000. The first-order valence-corrected chi connectivity index (χ1v) is 8.60. The normalized spacial score (nSPS) is 14.0. The molecule has 2 amide bonds. The fourth-order valence-corrected chi connectivity index (χ4v) is 3.05. The van der Waals surface area contributed by atoms with Crippen LogP contribution in [0.3, 0.4) is 0 Å². The number of benzene rings is 2. The van der Waals surface area contributed by atoms with E-state index in [1.54, 1.807) is 37.3 Å². The van der Waals surface area contributed by atoms with E-state index in [0.29, 0.717) is 16.3 Å². The molecule has 2 aromatic carbocycles. The summed E-state index contributed by atoms with van der Waals surface area (Å²) in [6, 6.07) is 11.3. The van der Waals surface area contributed by atoms with Gasteiger partial charge in [-0.2, -0.15) is 0 Å². The summed E-state index contributed by atoms with van der Waals surface area (Å²) in [7, 11) is 1.22. The molecule has 138 valence electrons. The number of amides is 2. The smallest absolute Gasteiger partial charge is 0.339 e. The van der Waals surface area contributed by atoms with E-state index in [1.807, 2.05) is 0 Å². The molecule has 0 aromatic heterocycles. The maximum absolute atomic E-state index is 12.9. The average Bonchev–Trinajstić information content (AvgIpc) is 2.88. The molecule has 0 bridgehead atoms. The molecule has 1 N–H and O–H groups in total. The molecule has 3 rings (SSSR count). The molecule has 27 heavy (non-hydrogen) atoms. The Labute approximate surface area is 165 Å². The van der Waals surface area contributed by atoms with Crippen LogP contribution in [-0.4, -0.2) is 24.9 Å². The van der Waals surface area contributed by atoms with E-state index < -0.39 is 17.8 Å². The monoisotopic (exact) mass is 404 g/mol. The van der Waals surface area contributed by atoms with Crippen molar-refractivity contribution in [2.24, 2.45) is 0 Å². The van der Waals surface area contributed by atoms with E-state index in [0.717, 1.165) is 4.90 Å². The Morgan fingerprint density at radius 2 is 1.74 bits per heavy atom. The van der Waals surface area contributed by atoms with Gasteiger partial charge in [-0.15, -0.1) is 0 Å². The van der Waals surface area contributed by atoms with E-state index in [2.05, 4.69) is 5.32 Å². The second kappa shape index (κ2) is 7.42. The third-order valence-electron chi connectivity index (χ3n) is 4.10. The molecule has 0 unspecified atom stereocenters. The van der Waals surface area contributed by atoms with Gasteiger partial charge in [0.05, 0.1) is 18.4 Å². The van der Waals surface area contributed by atoms with Gasteiger partial charge in [0.25, 0.3) is 11.8 Å². The second-order valence-electron chi connectivity index (χ2n) is 5.68. The highest BCUT2D eigenvalue weighted by Crippen LogP contribution is 2.33. The van der Waals surface area contributed by atoms with Crippen molar-refractivity contribution in [3.8, 4) is 0 Å². The number of rotatable bonds is 4. The van der Waals surface area contributed by atoms with Crippen molar-refractivity contribution in [3.05, 3.63) is 69.3 Å². The molecule has 0 atom stereocenters. The van der Waals surface area contributed by atoms with Crippen molar-refractivity contribution >= 4 is 52.4 Å². The lowest BCUT2D eigenvalue weighted by molar-refractivity contribution is -0.120. The minimum Gasteiger partial charge on any atom is -0.465 e. The van der Waals surface area contributed by atoms with Crippen LogP contribution in [0.5, 0.6) is 0 Å². The topological polar surface area (TPSA) is 75.7 Å². The zero-order chi connectivity index (χ0) is 19.7. The quantitative estimate of drug-likeness (QED) is 0.618. The van der Waals surface area contributed by atoms with Crippen LogP contribution in [0.2, 0.25) is 5.02 Å². The third kappa shape index (κ3) is 3.29. The number of hydrogen-bond acceptors (Lipinski definition) is 5. The number of esters is 1. The first-order chi connectivity index (χ1) is 12.9. The van der Waals surface area contributed by atoms with Gasteiger partial charge in [-0.25, -0.2) is 9.69 Å². The number of nitrogens with zero attached hydrogens (tertiary/aromatic N) is 1. The van der Waals surface area contributed by atoms with Crippen molar-refractivity contribution in [3.63, 3.8) is 0 Å². The van der Waals surface area contributed by atoms with Crippen LogP contribution in [0.15, 0.2) is 53.2 Å². The number of anilines is 2. The predicted molar refractivity (Wildman–Crippen MR) is 103 cm³/mol. The van der Waals surface area contributed by atoms with Gasteiger partial charge in [-0.05, 0) is 36.8 Å². The van der Waals surface area contributed by atoms with Crippen molar-refractivity contribution in [1.29, 1.82) is 0 Å². The Kier molecular flexibility index (Phi) is 5.21. The largest absolute Gasteiger partial charge is 0.465 e. The summed E-state index contributed by atoms with van der Waals surface area (Å²) in [6.07, 6.45) is 0.